The van der Waals surface area contributed by atoms with E-state index in [1.54, 1.807) is 12.1 Å². The first kappa shape index (κ1) is 12.3. The van der Waals surface area contributed by atoms with E-state index in [9.17, 15) is 0 Å². The summed E-state index contributed by atoms with van der Waals surface area (Å²) >= 11 is 15.5. The van der Waals surface area contributed by atoms with Gasteiger partial charge in [-0.25, -0.2) is 4.98 Å². The number of oxazole rings is 1. The second-order valence-corrected chi connectivity index (χ2v) is 3.43. The molecule has 0 unspecified atom stereocenters. The third-order valence-electron chi connectivity index (χ3n) is 1.42. The van der Waals surface area contributed by atoms with Gasteiger partial charge in [-0.2, -0.15) is 0 Å². The number of halogens is 2. The molecule has 0 aliphatic carbocycles. The molecule has 6 heteroatoms. The summed E-state index contributed by atoms with van der Waals surface area (Å²) in [5, 5.41) is 1.22. The van der Waals surface area contributed by atoms with E-state index in [4.69, 9.17) is 27.6 Å². The Labute approximate surface area is 133 Å². The van der Waals surface area contributed by atoms with Crippen molar-refractivity contribution in [3.05, 3.63) is 22.2 Å². The zero-order valence-electron chi connectivity index (χ0n) is 5.71. The number of rotatable bonds is 0. The molecular formula is C7H4Cl2KNOS. The SMILES string of the molecule is Sc1nc2cc(Cl)c(Cl)cc2o1.[KH]. The van der Waals surface area contributed by atoms with Crippen LogP contribution in [0, 0.1) is 0 Å². The summed E-state index contributed by atoms with van der Waals surface area (Å²) in [5.41, 5.74) is 1.25. The molecule has 1 aromatic carbocycles. The van der Waals surface area contributed by atoms with Crippen LogP contribution in [0.5, 0.6) is 0 Å². The molecule has 0 spiro atoms. The van der Waals surface area contributed by atoms with Crippen LogP contribution in [0.2, 0.25) is 10.0 Å². The fraction of sp³-hybridized carbons (Fsp3) is 0. The molecule has 2 aromatic rings. The Morgan fingerprint density at radius 3 is 2.54 bits per heavy atom. The average molecular weight is 260 g/mol. The number of hydrogen-bond donors (Lipinski definition) is 1. The molecule has 64 valence electrons. The van der Waals surface area contributed by atoms with Crippen molar-refractivity contribution in [2.45, 2.75) is 5.22 Å². The summed E-state index contributed by atoms with van der Waals surface area (Å²) in [6, 6.07) is 3.26. The van der Waals surface area contributed by atoms with E-state index >= 15 is 0 Å². The van der Waals surface area contributed by atoms with E-state index in [0.717, 1.165) is 0 Å². The van der Waals surface area contributed by atoms with Gasteiger partial charge in [-0.05, 0) is 6.07 Å². The normalized spacial score (nSPS) is 10.1. The number of thiol groups is 1. The first-order valence-corrected chi connectivity index (χ1v) is 4.31. The van der Waals surface area contributed by atoms with Crippen molar-refractivity contribution in [2.75, 3.05) is 0 Å². The minimum atomic E-state index is 0. The molecule has 13 heavy (non-hydrogen) atoms. The molecule has 2 rings (SSSR count). The van der Waals surface area contributed by atoms with Crippen molar-refractivity contribution in [2.24, 2.45) is 0 Å². The summed E-state index contributed by atoms with van der Waals surface area (Å²) in [6.45, 7) is 0. The number of aromatic nitrogens is 1. The molecule has 0 aliphatic rings. The van der Waals surface area contributed by atoms with Crippen LogP contribution in [-0.4, -0.2) is 56.4 Å². The van der Waals surface area contributed by atoms with Crippen molar-refractivity contribution in [1.29, 1.82) is 0 Å². The van der Waals surface area contributed by atoms with Crippen molar-refractivity contribution < 1.29 is 4.42 Å². The molecular weight excluding hydrogens is 256 g/mol. The van der Waals surface area contributed by atoms with Crippen molar-refractivity contribution >= 4 is 98.3 Å². The monoisotopic (exact) mass is 259 g/mol. The van der Waals surface area contributed by atoms with Crippen molar-refractivity contribution in [1.82, 2.24) is 4.98 Å². The van der Waals surface area contributed by atoms with Gasteiger partial charge in [0.05, 0.1) is 10.0 Å². The molecule has 0 saturated carbocycles. The molecule has 2 nitrogen and oxygen atoms in total. The second-order valence-electron chi connectivity index (χ2n) is 2.23. The van der Waals surface area contributed by atoms with Gasteiger partial charge in [0.2, 0.25) is 0 Å². The zero-order chi connectivity index (χ0) is 8.72. The van der Waals surface area contributed by atoms with Crippen LogP contribution in [0.4, 0.5) is 0 Å². The third kappa shape index (κ3) is 2.63. The van der Waals surface area contributed by atoms with Crippen LogP contribution in [0.1, 0.15) is 0 Å². The standard InChI is InChI=1S/C7H3Cl2NOS.K.H/c8-3-1-5-6(2-4(3)9)11-7(12)10-5;;/h1-2H,(H,10,12);;. The molecule has 0 atom stereocenters. The van der Waals surface area contributed by atoms with Gasteiger partial charge >= 0.3 is 51.4 Å². The Balaban J connectivity index is 0.000000845. The van der Waals surface area contributed by atoms with Gasteiger partial charge in [0, 0.05) is 6.07 Å². The first-order chi connectivity index (χ1) is 5.66. The Morgan fingerprint density at radius 1 is 1.23 bits per heavy atom. The van der Waals surface area contributed by atoms with E-state index < -0.39 is 0 Å². The molecule has 0 bridgehead atoms. The van der Waals surface area contributed by atoms with Gasteiger partial charge in [-0.1, -0.05) is 35.8 Å². The minimum absolute atomic E-state index is 0. The average Bonchev–Trinajstić information content (AvgIpc) is 2.30. The summed E-state index contributed by atoms with van der Waals surface area (Å²) in [5.74, 6) is 0. The maximum atomic E-state index is 5.76. The fourth-order valence-electron chi connectivity index (χ4n) is 0.911. The van der Waals surface area contributed by atoms with E-state index in [1.165, 1.54) is 0 Å². The van der Waals surface area contributed by atoms with Gasteiger partial charge in [-0.15, -0.1) is 0 Å². The topological polar surface area (TPSA) is 26.0 Å². The first-order valence-electron chi connectivity index (χ1n) is 3.11. The quantitative estimate of drug-likeness (QED) is 0.582. The zero-order valence-corrected chi connectivity index (χ0v) is 8.12. The molecule has 0 N–H and O–H groups in total. The van der Waals surface area contributed by atoms with Crippen molar-refractivity contribution in [3.63, 3.8) is 0 Å². The summed E-state index contributed by atoms with van der Waals surface area (Å²) in [4.78, 5) is 3.97. The van der Waals surface area contributed by atoms with Crippen LogP contribution in [-0.2, 0) is 0 Å². The Hall–Kier alpha value is 1.26. The maximum absolute atomic E-state index is 5.76. The molecule has 0 saturated heterocycles. The number of hydrogen-bond acceptors (Lipinski definition) is 3. The fourth-order valence-corrected chi connectivity index (χ4v) is 1.43. The van der Waals surface area contributed by atoms with Gasteiger partial charge in [0.1, 0.15) is 5.52 Å². The Morgan fingerprint density at radius 2 is 1.85 bits per heavy atom. The predicted molar refractivity (Wildman–Crippen MR) is 58.4 cm³/mol. The number of benzene rings is 1. The molecule has 0 radical (unpaired) electrons. The van der Waals surface area contributed by atoms with Gasteiger partial charge in [-0.3, -0.25) is 0 Å². The summed E-state index contributed by atoms with van der Waals surface area (Å²) in [6.07, 6.45) is 0. The Bertz CT molecular complexity index is 406. The van der Waals surface area contributed by atoms with E-state index in [1.807, 2.05) is 0 Å². The predicted octanol–water partition coefficient (Wildman–Crippen LogP) is 2.77. The van der Waals surface area contributed by atoms with Crippen LogP contribution >= 0.6 is 35.8 Å². The van der Waals surface area contributed by atoms with E-state index in [2.05, 4.69) is 17.6 Å². The molecule has 0 aliphatic heterocycles. The summed E-state index contributed by atoms with van der Waals surface area (Å²) < 4.78 is 5.11. The molecule has 1 heterocycles. The van der Waals surface area contributed by atoms with Crippen LogP contribution in [0.25, 0.3) is 11.1 Å². The van der Waals surface area contributed by atoms with Crippen LogP contribution in [0.3, 0.4) is 0 Å². The van der Waals surface area contributed by atoms with Gasteiger partial charge < -0.3 is 4.42 Å². The molecule has 0 amide bonds. The summed E-state index contributed by atoms with van der Waals surface area (Å²) in [7, 11) is 0. The number of nitrogens with zero attached hydrogens (tertiary/aromatic N) is 1. The van der Waals surface area contributed by atoms with Gasteiger partial charge in [0.25, 0.3) is 5.22 Å². The molecule has 1 aromatic heterocycles. The number of fused-ring (bicyclic) bond motifs is 1. The third-order valence-corrected chi connectivity index (χ3v) is 2.33. The van der Waals surface area contributed by atoms with E-state index in [0.29, 0.717) is 26.4 Å². The second kappa shape index (κ2) is 4.85. The Kier molecular flexibility index (Phi) is 4.60. The van der Waals surface area contributed by atoms with Gasteiger partial charge in [0.15, 0.2) is 5.58 Å². The molecule has 0 fully saturated rings. The van der Waals surface area contributed by atoms with E-state index in [-0.39, 0.29) is 51.4 Å². The van der Waals surface area contributed by atoms with Crippen LogP contribution in [0.15, 0.2) is 21.8 Å². The van der Waals surface area contributed by atoms with Crippen LogP contribution < -0.4 is 0 Å². The van der Waals surface area contributed by atoms with Crippen molar-refractivity contribution in [3.8, 4) is 0 Å².